The van der Waals surface area contributed by atoms with Gasteiger partial charge in [0.2, 0.25) is 0 Å². The first-order valence-corrected chi connectivity index (χ1v) is 14.4. The van der Waals surface area contributed by atoms with Crippen LogP contribution in [0.1, 0.15) is 120 Å². The fraction of sp³-hybridized carbons (Fsp3) is 0.636. The molecule has 0 spiro atoms. The number of fused-ring (bicyclic) bond motifs is 1. The Balaban J connectivity index is 1.21. The number of hydrogen-bond donors (Lipinski definition) is 0. The normalized spacial score (nSPS) is 25.8. The Hall–Kier alpha value is -1.56. The van der Waals surface area contributed by atoms with Crippen molar-refractivity contribution in [2.75, 3.05) is 0 Å². The molecule has 0 amide bonds. The fourth-order valence-electron chi connectivity index (χ4n) is 6.72. The summed E-state index contributed by atoms with van der Waals surface area (Å²) in [4.78, 5) is 0. The van der Waals surface area contributed by atoms with Gasteiger partial charge in [0.1, 0.15) is 0 Å². The molecule has 0 atom stereocenters. The molecule has 0 N–H and O–H groups in total. The highest BCUT2D eigenvalue weighted by molar-refractivity contribution is 5.84. The third-order valence-electron chi connectivity index (χ3n) is 9.04. The van der Waals surface area contributed by atoms with Crippen molar-refractivity contribution in [2.24, 2.45) is 17.8 Å². The van der Waals surface area contributed by atoms with Crippen LogP contribution in [0.5, 0.6) is 0 Å². The lowest BCUT2D eigenvalue weighted by atomic mass is 9.74. The second kappa shape index (κ2) is 12.8. The van der Waals surface area contributed by atoms with Crippen molar-refractivity contribution in [3.05, 3.63) is 60.2 Å². The molecule has 2 aliphatic rings. The largest absolute Gasteiger partial charge is 0.103 e. The van der Waals surface area contributed by atoms with Gasteiger partial charge >= 0.3 is 0 Å². The Morgan fingerprint density at radius 2 is 1.33 bits per heavy atom. The van der Waals surface area contributed by atoms with Gasteiger partial charge in [-0.2, -0.15) is 0 Å². The SMILES string of the molecule is C=CCCC1CCC(CCC2CCC(c3ccc4cc(CCCCC)ccc4c3)CC2)CC1. The molecule has 0 heteroatoms. The van der Waals surface area contributed by atoms with Gasteiger partial charge in [0, 0.05) is 0 Å². The Morgan fingerprint density at radius 1 is 0.727 bits per heavy atom. The van der Waals surface area contributed by atoms with E-state index in [1.165, 1.54) is 119 Å². The van der Waals surface area contributed by atoms with E-state index < -0.39 is 0 Å². The first-order valence-electron chi connectivity index (χ1n) is 14.4. The molecule has 2 aromatic carbocycles. The van der Waals surface area contributed by atoms with E-state index in [0.29, 0.717) is 0 Å². The summed E-state index contributed by atoms with van der Waals surface area (Å²) in [5, 5.41) is 2.87. The number of benzene rings is 2. The predicted octanol–water partition coefficient (Wildman–Crippen LogP) is 10.4. The van der Waals surface area contributed by atoms with Crippen LogP contribution in [0, 0.1) is 17.8 Å². The smallest absolute Gasteiger partial charge is 0.0162 e. The molecule has 0 saturated heterocycles. The summed E-state index contributed by atoms with van der Waals surface area (Å²) in [6.45, 7) is 6.18. The van der Waals surface area contributed by atoms with Crippen molar-refractivity contribution >= 4 is 10.8 Å². The van der Waals surface area contributed by atoms with Crippen LogP contribution < -0.4 is 0 Å². The van der Waals surface area contributed by atoms with Gasteiger partial charge in [-0.15, -0.1) is 6.58 Å². The van der Waals surface area contributed by atoms with E-state index in [2.05, 4.69) is 56.0 Å². The van der Waals surface area contributed by atoms with Crippen molar-refractivity contribution < 1.29 is 0 Å². The van der Waals surface area contributed by atoms with Gasteiger partial charge in [0.05, 0.1) is 0 Å². The van der Waals surface area contributed by atoms with Crippen LogP contribution in [0.4, 0.5) is 0 Å². The van der Waals surface area contributed by atoms with E-state index in [1.54, 1.807) is 5.56 Å². The molecule has 2 saturated carbocycles. The average molecular weight is 445 g/mol. The molecule has 33 heavy (non-hydrogen) atoms. The summed E-state index contributed by atoms with van der Waals surface area (Å²) >= 11 is 0. The molecule has 2 aliphatic carbocycles. The standard InChI is InChI=1S/C33H48/c1-3-5-7-9-29-18-21-33-25-32(23-22-31(33)24-29)30-19-16-28(17-20-30)15-14-27-12-10-26(11-13-27)8-6-4-2/h4,18,21-28,30H,2-3,5-17,19-20H2,1H3. The third kappa shape index (κ3) is 7.21. The van der Waals surface area contributed by atoms with E-state index in [9.17, 15) is 0 Å². The first-order chi connectivity index (χ1) is 16.2. The molecular weight excluding hydrogens is 396 g/mol. The minimum Gasteiger partial charge on any atom is -0.103 e. The van der Waals surface area contributed by atoms with Crippen molar-refractivity contribution in [1.82, 2.24) is 0 Å². The monoisotopic (exact) mass is 444 g/mol. The van der Waals surface area contributed by atoms with Gasteiger partial charge in [-0.1, -0.05) is 101 Å². The maximum atomic E-state index is 3.89. The van der Waals surface area contributed by atoms with E-state index in [1.807, 2.05) is 0 Å². The Labute approximate surface area is 204 Å². The molecule has 0 heterocycles. The average Bonchev–Trinajstić information content (AvgIpc) is 2.87. The van der Waals surface area contributed by atoms with E-state index in [-0.39, 0.29) is 0 Å². The lowest BCUT2D eigenvalue weighted by Crippen LogP contribution is -2.17. The topological polar surface area (TPSA) is 0 Å². The quantitative estimate of drug-likeness (QED) is 0.239. The molecule has 0 aromatic heterocycles. The van der Waals surface area contributed by atoms with Crippen LogP contribution in [0.25, 0.3) is 10.8 Å². The number of allylic oxidation sites excluding steroid dienone is 1. The Kier molecular flexibility index (Phi) is 9.51. The van der Waals surface area contributed by atoms with Crippen LogP contribution in [0.15, 0.2) is 49.1 Å². The fourth-order valence-corrected chi connectivity index (χ4v) is 6.72. The van der Waals surface area contributed by atoms with Gasteiger partial charge in [0.25, 0.3) is 0 Å². The molecule has 0 nitrogen and oxygen atoms in total. The minimum atomic E-state index is 0.787. The summed E-state index contributed by atoms with van der Waals surface area (Å²) < 4.78 is 0. The second-order valence-corrected chi connectivity index (χ2v) is 11.4. The number of unbranched alkanes of at least 4 members (excludes halogenated alkanes) is 2. The lowest BCUT2D eigenvalue weighted by Gasteiger charge is -2.32. The zero-order valence-corrected chi connectivity index (χ0v) is 21.4. The molecule has 180 valence electrons. The third-order valence-corrected chi connectivity index (χ3v) is 9.04. The molecule has 0 radical (unpaired) electrons. The molecule has 4 rings (SSSR count). The van der Waals surface area contributed by atoms with Crippen LogP contribution in [0.2, 0.25) is 0 Å². The second-order valence-electron chi connectivity index (χ2n) is 11.4. The van der Waals surface area contributed by atoms with Gasteiger partial charge in [-0.3, -0.25) is 0 Å². The van der Waals surface area contributed by atoms with E-state index in [4.69, 9.17) is 0 Å². The highest BCUT2D eigenvalue weighted by Gasteiger charge is 2.25. The molecule has 2 fully saturated rings. The van der Waals surface area contributed by atoms with Crippen LogP contribution >= 0.6 is 0 Å². The van der Waals surface area contributed by atoms with E-state index >= 15 is 0 Å². The summed E-state index contributed by atoms with van der Waals surface area (Å²) in [5.41, 5.74) is 3.10. The first kappa shape index (κ1) is 24.6. The predicted molar refractivity (Wildman–Crippen MR) is 146 cm³/mol. The maximum Gasteiger partial charge on any atom is -0.0162 e. The maximum absolute atomic E-state index is 3.89. The molecule has 0 bridgehead atoms. The van der Waals surface area contributed by atoms with Crippen molar-refractivity contribution in [3.8, 4) is 0 Å². The molecule has 2 aromatic rings. The van der Waals surface area contributed by atoms with Crippen LogP contribution in [0.3, 0.4) is 0 Å². The lowest BCUT2D eigenvalue weighted by molar-refractivity contribution is 0.225. The summed E-state index contributed by atoms with van der Waals surface area (Å²) in [6.07, 6.45) is 24.6. The number of rotatable bonds is 11. The van der Waals surface area contributed by atoms with Crippen molar-refractivity contribution in [2.45, 2.75) is 116 Å². The minimum absolute atomic E-state index is 0.787. The van der Waals surface area contributed by atoms with Crippen LogP contribution in [-0.4, -0.2) is 0 Å². The van der Waals surface area contributed by atoms with Gasteiger partial charge in [-0.05, 0) is 96.9 Å². The Morgan fingerprint density at radius 3 is 2.00 bits per heavy atom. The van der Waals surface area contributed by atoms with Gasteiger partial charge in [-0.25, -0.2) is 0 Å². The van der Waals surface area contributed by atoms with Gasteiger partial charge in [0.15, 0.2) is 0 Å². The van der Waals surface area contributed by atoms with Gasteiger partial charge < -0.3 is 0 Å². The van der Waals surface area contributed by atoms with Crippen LogP contribution in [-0.2, 0) is 6.42 Å². The summed E-state index contributed by atoms with van der Waals surface area (Å²) in [5.74, 6) is 3.79. The zero-order valence-electron chi connectivity index (χ0n) is 21.4. The summed E-state index contributed by atoms with van der Waals surface area (Å²) in [6, 6.07) is 14.5. The molecule has 0 unspecified atom stereocenters. The molecular formula is C33H48. The Bertz CT molecular complexity index is 845. The zero-order chi connectivity index (χ0) is 22.9. The number of hydrogen-bond acceptors (Lipinski definition) is 0. The van der Waals surface area contributed by atoms with Crippen molar-refractivity contribution in [1.29, 1.82) is 0 Å². The highest BCUT2D eigenvalue weighted by atomic mass is 14.3. The summed E-state index contributed by atoms with van der Waals surface area (Å²) in [7, 11) is 0. The highest BCUT2D eigenvalue weighted by Crippen LogP contribution is 2.40. The number of aryl methyl sites for hydroxylation is 1. The van der Waals surface area contributed by atoms with E-state index in [0.717, 1.165) is 23.7 Å². The van der Waals surface area contributed by atoms with Crippen molar-refractivity contribution in [3.63, 3.8) is 0 Å². The molecule has 0 aliphatic heterocycles.